The number of amides is 1. The second kappa shape index (κ2) is 11.8. The molecule has 0 aliphatic rings. The van der Waals surface area contributed by atoms with Crippen LogP contribution < -0.4 is 14.8 Å². The van der Waals surface area contributed by atoms with Crippen LogP contribution in [-0.4, -0.2) is 36.6 Å². The van der Waals surface area contributed by atoms with Gasteiger partial charge in [-0.15, -0.1) is 11.3 Å². The molecule has 0 atom stereocenters. The van der Waals surface area contributed by atoms with E-state index in [1.807, 2.05) is 32.0 Å². The van der Waals surface area contributed by atoms with Crippen LogP contribution in [0.4, 0.5) is 4.39 Å². The van der Waals surface area contributed by atoms with Gasteiger partial charge < -0.3 is 14.8 Å². The number of benzene rings is 2. The molecule has 0 bridgehead atoms. The SMILES string of the molecule is COc1ccc(CN(Cc2ccc(F)cc2)Cc2nc(C(=O)NCC(C)C)cs2)c(OC)c1. The molecule has 1 heterocycles. The van der Waals surface area contributed by atoms with E-state index in [0.29, 0.717) is 37.8 Å². The lowest BCUT2D eigenvalue weighted by molar-refractivity contribution is 0.0944. The number of methoxy groups -OCH3 is 2. The van der Waals surface area contributed by atoms with Gasteiger partial charge in [0.15, 0.2) is 0 Å². The fourth-order valence-corrected chi connectivity index (χ4v) is 4.12. The van der Waals surface area contributed by atoms with Gasteiger partial charge in [-0.3, -0.25) is 9.69 Å². The molecule has 1 aromatic heterocycles. The fourth-order valence-electron chi connectivity index (χ4n) is 3.31. The lowest BCUT2D eigenvalue weighted by Gasteiger charge is -2.23. The zero-order valence-electron chi connectivity index (χ0n) is 19.4. The number of ether oxygens (including phenoxy) is 2. The number of halogens is 1. The van der Waals surface area contributed by atoms with Crippen LogP contribution in [0.15, 0.2) is 47.8 Å². The Hall–Kier alpha value is -2.97. The molecule has 33 heavy (non-hydrogen) atoms. The third kappa shape index (κ3) is 7.27. The predicted octanol–water partition coefficient (Wildman–Crippen LogP) is 4.89. The predicted molar refractivity (Wildman–Crippen MR) is 128 cm³/mol. The van der Waals surface area contributed by atoms with Crippen LogP contribution >= 0.6 is 11.3 Å². The van der Waals surface area contributed by atoms with Crippen molar-refractivity contribution in [2.75, 3.05) is 20.8 Å². The van der Waals surface area contributed by atoms with E-state index in [1.165, 1.54) is 23.5 Å². The van der Waals surface area contributed by atoms with Gasteiger partial charge in [-0.1, -0.05) is 32.0 Å². The minimum Gasteiger partial charge on any atom is -0.497 e. The molecule has 1 N–H and O–H groups in total. The number of carbonyl (C=O) groups excluding carboxylic acids is 1. The third-order valence-electron chi connectivity index (χ3n) is 5.02. The van der Waals surface area contributed by atoms with Gasteiger partial charge in [0, 0.05) is 36.6 Å². The summed E-state index contributed by atoms with van der Waals surface area (Å²) >= 11 is 1.46. The Morgan fingerprint density at radius 1 is 1.09 bits per heavy atom. The quantitative estimate of drug-likeness (QED) is 0.432. The molecule has 0 aliphatic heterocycles. The Bertz CT molecular complexity index is 1050. The van der Waals surface area contributed by atoms with Gasteiger partial charge in [-0.2, -0.15) is 0 Å². The van der Waals surface area contributed by atoms with Crippen molar-refractivity contribution >= 4 is 17.2 Å². The zero-order valence-corrected chi connectivity index (χ0v) is 20.2. The van der Waals surface area contributed by atoms with Gasteiger partial charge in [0.1, 0.15) is 28.0 Å². The van der Waals surface area contributed by atoms with E-state index >= 15 is 0 Å². The molecule has 0 fully saturated rings. The van der Waals surface area contributed by atoms with Crippen molar-refractivity contribution < 1.29 is 18.7 Å². The van der Waals surface area contributed by atoms with Crippen molar-refractivity contribution in [1.82, 2.24) is 15.2 Å². The maximum absolute atomic E-state index is 13.4. The number of carbonyl (C=O) groups is 1. The largest absolute Gasteiger partial charge is 0.497 e. The van der Waals surface area contributed by atoms with Gasteiger partial charge in [0.05, 0.1) is 20.8 Å². The van der Waals surface area contributed by atoms with Gasteiger partial charge in [-0.05, 0) is 29.7 Å². The Morgan fingerprint density at radius 3 is 2.52 bits per heavy atom. The first-order valence-electron chi connectivity index (χ1n) is 10.8. The van der Waals surface area contributed by atoms with E-state index < -0.39 is 0 Å². The molecule has 1 amide bonds. The molecule has 0 saturated carbocycles. The maximum Gasteiger partial charge on any atom is 0.270 e. The summed E-state index contributed by atoms with van der Waals surface area (Å²) in [6.07, 6.45) is 0. The first-order valence-corrected chi connectivity index (χ1v) is 11.7. The summed E-state index contributed by atoms with van der Waals surface area (Å²) in [5, 5.41) is 5.52. The number of nitrogens with one attached hydrogen (secondary N) is 1. The van der Waals surface area contributed by atoms with Gasteiger partial charge in [0.2, 0.25) is 0 Å². The van der Waals surface area contributed by atoms with E-state index in [2.05, 4.69) is 15.2 Å². The van der Waals surface area contributed by atoms with E-state index in [1.54, 1.807) is 31.7 Å². The van der Waals surface area contributed by atoms with Crippen molar-refractivity contribution in [2.24, 2.45) is 5.92 Å². The first kappa shape index (κ1) is 24.7. The van der Waals surface area contributed by atoms with Crippen LogP contribution in [0.2, 0.25) is 0 Å². The number of hydrogen-bond donors (Lipinski definition) is 1. The van der Waals surface area contributed by atoms with Crippen LogP contribution in [0.25, 0.3) is 0 Å². The highest BCUT2D eigenvalue weighted by atomic mass is 32.1. The van der Waals surface area contributed by atoms with Crippen LogP contribution in [0.3, 0.4) is 0 Å². The number of aromatic nitrogens is 1. The van der Waals surface area contributed by atoms with Crippen LogP contribution in [0, 0.1) is 11.7 Å². The van der Waals surface area contributed by atoms with Crippen molar-refractivity contribution in [3.8, 4) is 11.5 Å². The minimum atomic E-state index is -0.265. The number of rotatable bonds is 11. The zero-order chi connectivity index (χ0) is 23.8. The lowest BCUT2D eigenvalue weighted by atomic mass is 10.1. The summed E-state index contributed by atoms with van der Waals surface area (Å²) < 4.78 is 24.3. The van der Waals surface area contributed by atoms with Crippen molar-refractivity contribution in [3.63, 3.8) is 0 Å². The Morgan fingerprint density at radius 2 is 1.85 bits per heavy atom. The van der Waals surface area contributed by atoms with Crippen LogP contribution in [0.1, 0.15) is 40.5 Å². The molecule has 0 saturated heterocycles. The van der Waals surface area contributed by atoms with Crippen LogP contribution in [0.5, 0.6) is 11.5 Å². The summed E-state index contributed by atoms with van der Waals surface area (Å²) in [6.45, 7) is 6.41. The normalized spacial score (nSPS) is 11.1. The lowest BCUT2D eigenvalue weighted by Crippen LogP contribution is -2.27. The Labute approximate surface area is 198 Å². The minimum absolute atomic E-state index is 0.159. The molecule has 3 rings (SSSR count). The van der Waals surface area contributed by atoms with E-state index in [-0.39, 0.29) is 11.7 Å². The summed E-state index contributed by atoms with van der Waals surface area (Å²) in [6, 6.07) is 12.2. The van der Waals surface area contributed by atoms with Crippen molar-refractivity contribution in [1.29, 1.82) is 0 Å². The average molecular weight is 472 g/mol. The average Bonchev–Trinajstić information content (AvgIpc) is 3.27. The van der Waals surface area contributed by atoms with E-state index in [0.717, 1.165) is 27.6 Å². The topological polar surface area (TPSA) is 63.7 Å². The summed E-state index contributed by atoms with van der Waals surface area (Å²) in [7, 11) is 3.25. The van der Waals surface area contributed by atoms with E-state index in [4.69, 9.17) is 9.47 Å². The Kier molecular flexibility index (Phi) is 8.79. The second-order valence-electron chi connectivity index (χ2n) is 8.18. The van der Waals surface area contributed by atoms with Gasteiger partial charge in [0.25, 0.3) is 5.91 Å². The molecule has 3 aromatic rings. The molecule has 0 unspecified atom stereocenters. The number of thiazole rings is 1. The molecule has 2 aromatic carbocycles. The molecular weight excluding hydrogens is 441 g/mol. The highest BCUT2D eigenvalue weighted by molar-refractivity contribution is 7.09. The standard InChI is InChI=1S/C25H30FN3O3S/c1-17(2)12-27-25(30)22-16-33-24(28-22)15-29(13-18-5-8-20(26)9-6-18)14-19-7-10-21(31-3)11-23(19)32-4/h5-11,16-17H,12-15H2,1-4H3,(H,27,30). The van der Waals surface area contributed by atoms with Gasteiger partial charge in [-0.25, -0.2) is 9.37 Å². The fraction of sp³-hybridized carbons (Fsp3) is 0.360. The summed E-state index contributed by atoms with van der Waals surface area (Å²) in [5.74, 6) is 1.40. The molecule has 8 heteroatoms. The number of hydrogen-bond acceptors (Lipinski definition) is 6. The van der Waals surface area contributed by atoms with E-state index in [9.17, 15) is 9.18 Å². The first-order chi connectivity index (χ1) is 15.9. The van der Waals surface area contributed by atoms with Crippen molar-refractivity contribution in [2.45, 2.75) is 33.5 Å². The molecule has 0 radical (unpaired) electrons. The summed E-state index contributed by atoms with van der Waals surface area (Å²) in [5.41, 5.74) is 2.40. The second-order valence-corrected chi connectivity index (χ2v) is 9.12. The smallest absolute Gasteiger partial charge is 0.270 e. The van der Waals surface area contributed by atoms with Crippen LogP contribution in [-0.2, 0) is 19.6 Å². The molecule has 0 spiro atoms. The molecular formula is C25H30FN3O3S. The molecule has 176 valence electrons. The molecule has 6 nitrogen and oxygen atoms in total. The number of nitrogens with zero attached hydrogens (tertiary/aromatic N) is 2. The summed E-state index contributed by atoms with van der Waals surface area (Å²) in [4.78, 5) is 19.1. The van der Waals surface area contributed by atoms with Gasteiger partial charge >= 0.3 is 0 Å². The Balaban J connectivity index is 1.79. The highest BCUT2D eigenvalue weighted by Gasteiger charge is 2.16. The highest BCUT2D eigenvalue weighted by Crippen LogP contribution is 2.27. The molecule has 0 aliphatic carbocycles. The van der Waals surface area contributed by atoms with Crippen molar-refractivity contribution in [3.05, 3.63) is 75.5 Å². The monoisotopic (exact) mass is 471 g/mol. The third-order valence-corrected chi connectivity index (χ3v) is 5.86. The maximum atomic E-state index is 13.4.